The average molecular weight is 280 g/mol. The average Bonchev–Trinajstić information content (AvgIpc) is 2.92. The Labute approximate surface area is 116 Å². The van der Waals surface area contributed by atoms with Crippen LogP contribution >= 0.6 is 11.3 Å². The van der Waals surface area contributed by atoms with Crippen molar-refractivity contribution in [3.8, 4) is 5.75 Å². The van der Waals surface area contributed by atoms with Gasteiger partial charge in [0.05, 0.1) is 13.2 Å². The van der Waals surface area contributed by atoms with Gasteiger partial charge in [-0.15, -0.1) is 11.3 Å². The van der Waals surface area contributed by atoms with Crippen molar-refractivity contribution < 1.29 is 14.2 Å². The maximum absolute atomic E-state index is 13.9. The Kier molecular flexibility index (Phi) is 4.93. The molecule has 1 unspecified atom stereocenters. The predicted molar refractivity (Wildman–Crippen MR) is 75.2 cm³/mol. The third kappa shape index (κ3) is 3.55. The molecule has 0 aliphatic rings. The predicted octanol–water partition coefficient (Wildman–Crippen LogP) is 3.95. The van der Waals surface area contributed by atoms with Crippen LogP contribution in [0.4, 0.5) is 4.39 Å². The molecule has 1 aromatic carbocycles. The molecule has 1 aromatic heterocycles. The van der Waals surface area contributed by atoms with Crippen molar-refractivity contribution in [2.45, 2.75) is 25.4 Å². The molecule has 0 saturated carbocycles. The lowest BCUT2D eigenvalue weighted by Gasteiger charge is -2.13. The van der Waals surface area contributed by atoms with Crippen molar-refractivity contribution in [3.63, 3.8) is 0 Å². The molecule has 0 amide bonds. The first-order chi connectivity index (χ1) is 9.22. The summed E-state index contributed by atoms with van der Waals surface area (Å²) in [5.41, 5.74) is 0.311. The van der Waals surface area contributed by atoms with E-state index in [9.17, 15) is 9.50 Å². The van der Waals surface area contributed by atoms with Gasteiger partial charge in [-0.25, -0.2) is 4.39 Å². The molecule has 0 aliphatic heterocycles. The summed E-state index contributed by atoms with van der Waals surface area (Å²) in [6, 6.07) is 8.94. The van der Waals surface area contributed by atoms with Gasteiger partial charge in [0.15, 0.2) is 11.6 Å². The standard InChI is InChI=1S/C15H17FO2S/c1-18-14-9-3-7-12(15(14)16)13(17)8-2-5-11-6-4-10-19-11/h3-4,6-7,9-10,13,17H,2,5,8H2,1H3. The van der Waals surface area contributed by atoms with Crippen LogP contribution in [0.3, 0.4) is 0 Å². The smallest absolute Gasteiger partial charge is 0.170 e. The Morgan fingerprint density at radius 2 is 2.16 bits per heavy atom. The van der Waals surface area contributed by atoms with Crippen LogP contribution in [-0.2, 0) is 6.42 Å². The number of benzene rings is 1. The summed E-state index contributed by atoms with van der Waals surface area (Å²) in [5.74, 6) is -0.288. The summed E-state index contributed by atoms with van der Waals surface area (Å²) in [6.45, 7) is 0. The second-order valence-corrected chi connectivity index (χ2v) is 5.38. The number of rotatable bonds is 6. The number of hydrogen-bond donors (Lipinski definition) is 1. The molecule has 19 heavy (non-hydrogen) atoms. The Morgan fingerprint density at radius 1 is 1.32 bits per heavy atom. The van der Waals surface area contributed by atoms with Gasteiger partial charge in [-0.1, -0.05) is 18.2 Å². The van der Waals surface area contributed by atoms with Crippen molar-refractivity contribution in [1.82, 2.24) is 0 Å². The summed E-state index contributed by atoms with van der Waals surface area (Å²) in [6.07, 6.45) is 1.51. The number of aliphatic hydroxyl groups is 1. The molecule has 1 heterocycles. The highest BCUT2D eigenvalue weighted by Crippen LogP contribution is 2.28. The zero-order valence-electron chi connectivity index (χ0n) is 10.8. The van der Waals surface area contributed by atoms with Gasteiger partial charge < -0.3 is 9.84 Å². The number of halogens is 1. The van der Waals surface area contributed by atoms with Gasteiger partial charge in [0, 0.05) is 10.4 Å². The SMILES string of the molecule is COc1cccc(C(O)CCCc2cccs2)c1F. The van der Waals surface area contributed by atoms with Crippen LogP contribution in [0, 0.1) is 5.82 Å². The van der Waals surface area contributed by atoms with Gasteiger partial charge in [-0.05, 0) is 36.8 Å². The molecular formula is C15H17FO2S. The number of aryl methyl sites for hydroxylation is 1. The Balaban J connectivity index is 1.94. The van der Waals surface area contributed by atoms with Gasteiger partial charge in [0.2, 0.25) is 0 Å². The molecule has 0 spiro atoms. The first-order valence-electron chi connectivity index (χ1n) is 6.25. The van der Waals surface area contributed by atoms with Gasteiger partial charge in [0.25, 0.3) is 0 Å². The fourth-order valence-electron chi connectivity index (χ4n) is 2.02. The largest absolute Gasteiger partial charge is 0.494 e. The fraction of sp³-hybridized carbons (Fsp3) is 0.333. The normalized spacial score (nSPS) is 12.4. The van der Waals surface area contributed by atoms with E-state index < -0.39 is 11.9 Å². The molecule has 0 aliphatic carbocycles. The van der Waals surface area contributed by atoms with Crippen molar-refractivity contribution in [2.24, 2.45) is 0 Å². The van der Waals surface area contributed by atoms with E-state index in [0.717, 1.165) is 12.8 Å². The van der Waals surface area contributed by atoms with E-state index >= 15 is 0 Å². The first-order valence-corrected chi connectivity index (χ1v) is 7.13. The highest BCUT2D eigenvalue weighted by molar-refractivity contribution is 7.09. The minimum Gasteiger partial charge on any atom is -0.494 e. The van der Waals surface area contributed by atoms with E-state index in [-0.39, 0.29) is 5.75 Å². The second kappa shape index (κ2) is 6.68. The fourth-order valence-corrected chi connectivity index (χ4v) is 2.77. The summed E-state index contributed by atoms with van der Waals surface area (Å²) in [5, 5.41) is 12.1. The molecule has 0 bridgehead atoms. The maximum atomic E-state index is 13.9. The minimum absolute atomic E-state index is 0.176. The summed E-state index contributed by atoms with van der Waals surface area (Å²) < 4.78 is 18.9. The van der Waals surface area contributed by atoms with Crippen molar-refractivity contribution in [2.75, 3.05) is 7.11 Å². The summed E-state index contributed by atoms with van der Waals surface area (Å²) >= 11 is 1.70. The summed E-state index contributed by atoms with van der Waals surface area (Å²) in [7, 11) is 1.42. The third-order valence-electron chi connectivity index (χ3n) is 3.05. The molecule has 2 nitrogen and oxygen atoms in total. The van der Waals surface area contributed by atoms with Gasteiger partial charge in [-0.2, -0.15) is 0 Å². The van der Waals surface area contributed by atoms with E-state index in [1.54, 1.807) is 29.5 Å². The molecule has 1 N–H and O–H groups in total. The van der Waals surface area contributed by atoms with E-state index in [1.165, 1.54) is 12.0 Å². The third-order valence-corrected chi connectivity index (χ3v) is 3.99. The van der Waals surface area contributed by atoms with Crippen molar-refractivity contribution in [1.29, 1.82) is 0 Å². The Bertz CT molecular complexity index is 511. The van der Waals surface area contributed by atoms with Crippen LogP contribution in [-0.4, -0.2) is 12.2 Å². The topological polar surface area (TPSA) is 29.5 Å². The number of ether oxygens (including phenoxy) is 1. The van der Waals surface area contributed by atoms with Crippen LogP contribution in [0.1, 0.15) is 29.4 Å². The first kappa shape index (κ1) is 14.0. The number of aliphatic hydroxyl groups excluding tert-OH is 1. The monoisotopic (exact) mass is 280 g/mol. The number of thiophene rings is 1. The lowest BCUT2D eigenvalue weighted by atomic mass is 10.0. The molecule has 4 heteroatoms. The van der Waals surface area contributed by atoms with E-state index in [0.29, 0.717) is 12.0 Å². The lowest BCUT2D eigenvalue weighted by molar-refractivity contribution is 0.159. The minimum atomic E-state index is -0.782. The zero-order valence-corrected chi connectivity index (χ0v) is 11.6. The van der Waals surface area contributed by atoms with Crippen LogP contribution in [0.2, 0.25) is 0 Å². The zero-order chi connectivity index (χ0) is 13.7. The molecule has 2 rings (SSSR count). The van der Waals surface area contributed by atoms with Crippen molar-refractivity contribution in [3.05, 3.63) is 52.0 Å². The van der Waals surface area contributed by atoms with Crippen LogP contribution in [0.25, 0.3) is 0 Å². The van der Waals surface area contributed by atoms with E-state index in [1.807, 2.05) is 11.4 Å². The maximum Gasteiger partial charge on any atom is 0.170 e. The highest BCUT2D eigenvalue weighted by Gasteiger charge is 2.15. The Hall–Kier alpha value is -1.39. The quantitative estimate of drug-likeness (QED) is 0.868. The highest BCUT2D eigenvalue weighted by atomic mass is 32.1. The van der Waals surface area contributed by atoms with E-state index in [4.69, 9.17) is 4.74 Å². The van der Waals surface area contributed by atoms with E-state index in [2.05, 4.69) is 6.07 Å². The molecule has 2 aromatic rings. The molecular weight excluding hydrogens is 263 g/mol. The molecule has 0 saturated heterocycles. The molecule has 0 fully saturated rings. The van der Waals surface area contributed by atoms with Gasteiger partial charge in [-0.3, -0.25) is 0 Å². The van der Waals surface area contributed by atoms with Gasteiger partial charge in [0.1, 0.15) is 0 Å². The van der Waals surface area contributed by atoms with Crippen LogP contribution in [0.15, 0.2) is 35.7 Å². The molecule has 1 atom stereocenters. The molecule has 102 valence electrons. The Morgan fingerprint density at radius 3 is 2.84 bits per heavy atom. The van der Waals surface area contributed by atoms with Crippen LogP contribution in [0.5, 0.6) is 5.75 Å². The number of hydrogen-bond acceptors (Lipinski definition) is 3. The van der Waals surface area contributed by atoms with Crippen LogP contribution < -0.4 is 4.74 Å². The second-order valence-electron chi connectivity index (χ2n) is 4.35. The molecule has 0 radical (unpaired) electrons. The van der Waals surface area contributed by atoms with Crippen molar-refractivity contribution >= 4 is 11.3 Å². The lowest BCUT2D eigenvalue weighted by Crippen LogP contribution is -2.03. The number of methoxy groups -OCH3 is 1. The summed E-state index contributed by atoms with van der Waals surface area (Å²) in [4.78, 5) is 1.29. The van der Waals surface area contributed by atoms with Gasteiger partial charge >= 0.3 is 0 Å².